The fraction of sp³-hybridized carbons (Fsp3) is 0.176. The van der Waals surface area contributed by atoms with Crippen LogP contribution in [0, 0.1) is 0 Å². The van der Waals surface area contributed by atoms with Gasteiger partial charge in [-0.15, -0.1) is 0 Å². The van der Waals surface area contributed by atoms with E-state index in [2.05, 4.69) is 5.09 Å². The van der Waals surface area contributed by atoms with Gasteiger partial charge in [-0.05, 0) is 78.1 Å². The van der Waals surface area contributed by atoms with E-state index in [-0.39, 0.29) is 0 Å². The fourth-order valence-corrected chi connectivity index (χ4v) is 14.3. The van der Waals surface area contributed by atoms with E-state index in [1.807, 2.05) is 208 Å². The number of hydrogen-bond acceptors (Lipinski definition) is 7. The van der Waals surface area contributed by atoms with Crippen molar-refractivity contribution < 1.29 is 32.4 Å². The van der Waals surface area contributed by atoms with E-state index < -0.39 is 49.9 Å². The van der Waals surface area contributed by atoms with E-state index in [0.29, 0.717) is 44.2 Å². The van der Waals surface area contributed by atoms with Gasteiger partial charge < -0.3 is 14.2 Å². The molecule has 1 N–H and O–H groups in total. The molecule has 8 nitrogen and oxygen atoms in total. The Morgan fingerprint density at radius 2 is 0.852 bits per heavy atom. The van der Waals surface area contributed by atoms with E-state index in [4.69, 9.17) is 23.3 Å². The number of methoxy groups -OCH3 is 1. The molecule has 0 aromatic heterocycles. The van der Waals surface area contributed by atoms with Crippen molar-refractivity contribution in [3.63, 3.8) is 0 Å². The van der Waals surface area contributed by atoms with Crippen LogP contribution >= 0.6 is 14.9 Å². The second kappa shape index (κ2) is 16.5. The predicted octanol–water partition coefficient (Wildman–Crippen LogP) is 10.9. The molecule has 7 aromatic carbocycles. The van der Waals surface area contributed by atoms with E-state index in [9.17, 15) is 0 Å². The van der Waals surface area contributed by atoms with Crippen LogP contribution in [-0.4, -0.2) is 25.1 Å². The molecule has 0 radical (unpaired) electrons. The highest BCUT2D eigenvalue weighted by Gasteiger charge is 2.70. The Morgan fingerprint density at radius 1 is 0.525 bits per heavy atom. The lowest BCUT2D eigenvalue weighted by molar-refractivity contribution is -0.176. The average molecular weight is 848 g/mol. The molecule has 9 rings (SSSR count). The summed E-state index contributed by atoms with van der Waals surface area (Å²) in [5, 5.41) is 4.57. The first-order valence-electron chi connectivity index (χ1n) is 20.3. The van der Waals surface area contributed by atoms with Crippen molar-refractivity contribution in [2.24, 2.45) is 0 Å². The van der Waals surface area contributed by atoms with Crippen molar-refractivity contribution in [1.82, 2.24) is 5.09 Å². The molecule has 2 aliphatic rings. The summed E-state index contributed by atoms with van der Waals surface area (Å²) in [6.45, 7) is 3.75. The van der Waals surface area contributed by atoms with Gasteiger partial charge in [0.05, 0.1) is 7.11 Å². The summed E-state index contributed by atoms with van der Waals surface area (Å²) >= 11 is 0. The molecule has 61 heavy (non-hydrogen) atoms. The largest absolute Gasteiger partial charge is 0.497 e. The number of rotatable bonds is 11. The fourth-order valence-electron chi connectivity index (χ4n) is 8.79. The third-order valence-electron chi connectivity index (χ3n) is 11.5. The summed E-state index contributed by atoms with van der Waals surface area (Å²) in [7, 11) is -7.13. The SMILES string of the molecule is COc1ccc([C@H](NP(=O)(c2ccccc2)c2ccccc2)P2(=O)OC(c3ccccc3)(c3ccccc3)[C@@H]3OC(C)(C)O[C@H]3C(c3ccccc3)(c3ccccc3)O2)cc1. The standard InChI is InChI=1S/C51H47NO7P2/c1-49(2)56-46-47(57-49)51(41-26-14-6-15-27-41,42-28-16-7-17-29-42)59-61(54,58-50(46,39-22-10-4-11-23-39)40-24-12-5-13-25-40)48(38-34-36-43(55-3)37-35-38)52-60(53,44-30-18-8-19-31-44)45-32-20-9-21-33-45/h4-37,46-48H,1-3H3,(H,52,53)/t46-,47-,48-/m1/s1. The molecule has 7 aromatic rings. The molecule has 2 aliphatic heterocycles. The minimum atomic E-state index is -4.83. The van der Waals surface area contributed by atoms with Crippen molar-refractivity contribution in [3.8, 4) is 5.75 Å². The third-order valence-corrected chi connectivity index (χ3v) is 16.6. The lowest BCUT2D eigenvalue weighted by Gasteiger charge is -2.42. The highest BCUT2D eigenvalue weighted by molar-refractivity contribution is 7.77. The number of fused-ring (bicyclic) bond motifs is 1. The topological polar surface area (TPSA) is 92.3 Å². The maximum atomic E-state index is 17.6. The van der Waals surface area contributed by atoms with Gasteiger partial charge in [-0.1, -0.05) is 170 Å². The van der Waals surface area contributed by atoms with Gasteiger partial charge in [0, 0.05) is 10.6 Å². The van der Waals surface area contributed by atoms with E-state index in [1.165, 1.54) is 0 Å². The van der Waals surface area contributed by atoms with Gasteiger partial charge in [0.1, 0.15) is 23.7 Å². The zero-order valence-electron chi connectivity index (χ0n) is 34.1. The minimum Gasteiger partial charge on any atom is -0.497 e. The van der Waals surface area contributed by atoms with Gasteiger partial charge in [-0.25, -0.2) is 5.09 Å². The van der Waals surface area contributed by atoms with Gasteiger partial charge in [-0.2, -0.15) is 0 Å². The molecular formula is C51H47NO7P2. The average Bonchev–Trinajstić information content (AvgIpc) is 3.62. The first-order valence-corrected chi connectivity index (χ1v) is 23.7. The van der Waals surface area contributed by atoms with Crippen LogP contribution in [0.5, 0.6) is 5.75 Å². The number of hydrogen-bond donors (Lipinski definition) is 1. The van der Waals surface area contributed by atoms with E-state index >= 15 is 9.13 Å². The van der Waals surface area contributed by atoms with Gasteiger partial charge in [0.2, 0.25) is 7.29 Å². The van der Waals surface area contributed by atoms with Gasteiger partial charge in [0.15, 0.2) is 17.0 Å². The Hall–Kier alpha value is -5.40. The molecule has 0 amide bonds. The smallest absolute Gasteiger partial charge is 0.354 e. The van der Waals surface area contributed by atoms with Crippen LogP contribution in [0.3, 0.4) is 0 Å². The van der Waals surface area contributed by atoms with Crippen LogP contribution in [-0.2, 0) is 38.9 Å². The van der Waals surface area contributed by atoms with Crippen molar-refractivity contribution in [2.75, 3.05) is 7.11 Å². The molecule has 2 saturated heterocycles. The number of benzene rings is 7. The Morgan fingerprint density at radius 3 is 1.18 bits per heavy atom. The Bertz CT molecular complexity index is 2420. The van der Waals surface area contributed by atoms with Crippen molar-refractivity contribution in [2.45, 2.75) is 48.8 Å². The Balaban J connectivity index is 1.41. The summed E-state index contributed by atoms with van der Waals surface area (Å²) in [6, 6.07) is 64.4. The third kappa shape index (κ3) is 7.33. The lowest BCUT2D eigenvalue weighted by Crippen LogP contribution is -2.53. The van der Waals surface area contributed by atoms with Crippen LogP contribution in [0.4, 0.5) is 0 Å². The summed E-state index contributed by atoms with van der Waals surface area (Å²) in [6.07, 6.45) is -1.95. The van der Waals surface area contributed by atoms with Crippen LogP contribution in [0.1, 0.15) is 47.4 Å². The Kier molecular flexibility index (Phi) is 11.1. The zero-order chi connectivity index (χ0) is 42.1. The molecule has 10 heteroatoms. The first-order chi connectivity index (χ1) is 29.6. The molecular weight excluding hydrogens is 801 g/mol. The molecule has 2 heterocycles. The van der Waals surface area contributed by atoms with Gasteiger partial charge >= 0.3 is 7.60 Å². The van der Waals surface area contributed by atoms with Crippen molar-refractivity contribution in [3.05, 3.63) is 234 Å². The van der Waals surface area contributed by atoms with Crippen LogP contribution in [0.2, 0.25) is 0 Å². The van der Waals surface area contributed by atoms with Crippen molar-refractivity contribution >= 4 is 25.5 Å². The number of ether oxygens (including phenoxy) is 3. The highest BCUT2D eigenvalue weighted by atomic mass is 31.2. The maximum Gasteiger partial charge on any atom is 0.354 e. The predicted molar refractivity (Wildman–Crippen MR) is 240 cm³/mol. The lowest BCUT2D eigenvalue weighted by atomic mass is 9.72. The number of nitrogens with one attached hydrogen (secondary N) is 1. The summed E-state index contributed by atoms with van der Waals surface area (Å²) in [5.41, 5.74) is -0.116. The first kappa shape index (κ1) is 41.0. The van der Waals surface area contributed by atoms with E-state index in [0.717, 1.165) is 0 Å². The molecule has 0 saturated carbocycles. The van der Waals surface area contributed by atoms with Crippen molar-refractivity contribution in [1.29, 1.82) is 0 Å². The molecule has 0 spiro atoms. The second-order valence-electron chi connectivity index (χ2n) is 15.7. The summed E-state index contributed by atoms with van der Waals surface area (Å²) in [5.74, 6) is -1.94. The van der Waals surface area contributed by atoms with Crippen LogP contribution < -0.4 is 20.4 Å². The molecule has 0 unspecified atom stereocenters. The molecule has 2 fully saturated rings. The molecule has 0 bridgehead atoms. The summed E-state index contributed by atoms with van der Waals surface area (Å²) < 4.78 is 69.1. The van der Waals surface area contributed by atoms with Gasteiger partial charge in [-0.3, -0.25) is 18.2 Å². The monoisotopic (exact) mass is 847 g/mol. The normalized spacial score (nSPS) is 20.4. The molecule has 308 valence electrons. The van der Waals surface area contributed by atoms with Crippen LogP contribution in [0.15, 0.2) is 206 Å². The quantitative estimate of drug-likeness (QED) is 0.129. The van der Waals surface area contributed by atoms with E-state index in [1.54, 1.807) is 19.2 Å². The van der Waals surface area contributed by atoms with Gasteiger partial charge in [0.25, 0.3) is 0 Å². The summed E-state index contributed by atoms with van der Waals surface area (Å²) in [4.78, 5) is 0. The zero-order valence-corrected chi connectivity index (χ0v) is 35.9. The maximum absolute atomic E-state index is 17.6. The minimum absolute atomic E-state index is 0.496. The molecule has 0 aliphatic carbocycles. The Labute approximate surface area is 357 Å². The second-order valence-corrected chi connectivity index (χ2v) is 20.2. The van der Waals surface area contributed by atoms with Crippen LogP contribution in [0.25, 0.3) is 0 Å². The highest BCUT2D eigenvalue weighted by Crippen LogP contribution is 2.74. The molecule has 3 atom stereocenters.